The summed E-state index contributed by atoms with van der Waals surface area (Å²) in [6.07, 6.45) is 4.26. The lowest BCUT2D eigenvalue weighted by molar-refractivity contribution is -0.662. The molecule has 0 aliphatic heterocycles. The van der Waals surface area contributed by atoms with E-state index in [1.54, 1.807) is 0 Å². The summed E-state index contributed by atoms with van der Waals surface area (Å²) in [6.45, 7) is 0. The quantitative estimate of drug-likeness (QED) is 0.233. The second-order valence-corrected chi connectivity index (χ2v) is 9.19. The summed E-state index contributed by atoms with van der Waals surface area (Å²) in [6, 6.07) is 28.0. The van der Waals surface area contributed by atoms with Crippen LogP contribution in [0.3, 0.4) is 0 Å². The van der Waals surface area contributed by atoms with Crippen LogP contribution < -0.4 is 33.4 Å². The first-order valence-electron chi connectivity index (χ1n) is 10.4. The maximum atomic E-state index is 13.5. The van der Waals surface area contributed by atoms with E-state index in [0.29, 0.717) is 0 Å². The van der Waals surface area contributed by atoms with Crippen LogP contribution in [0.5, 0.6) is 0 Å². The van der Waals surface area contributed by atoms with Gasteiger partial charge in [-0.2, -0.15) is 4.57 Å². The van der Waals surface area contributed by atoms with Crippen molar-refractivity contribution in [2.75, 3.05) is 19.0 Å². The minimum absolute atomic E-state index is 0. The van der Waals surface area contributed by atoms with Gasteiger partial charge in [0.2, 0.25) is 11.4 Å². The molecule has 168 valence electrons. The van der Waals surface area contributed by atoms with E-state index < -0.39 is 0 Å². The van der Waals surface area contributed by atoms with Crippen molar-refractivity contribution in [1.29, 1.82) is 0 Å². The molecule has 1 heterocycles. The minimum Gasteiger partial charge on any atom is -1.00 e. The Balaban J connectivity index is 0.00000306. The van der Waals surface area contributed by atoms with Gasteiger partial charge in [0.15, 0.2) is 0 Å². The molecule has 4 aromatic rings. The van der Waals surface area contributed by atoms with Crippen molar-refractivity contribution < 1.29 is 32.9 Å². The zero-order valence-electron chi connectivity index (χ0n) is 18.8. The van der Waals surface area contributed by atoms with Crippen LogP contribution in [0.2, 0.25) is 0 Å². The summed E-state index contributed by atoms with van der Waals surface area (Å²) in [5, 5.41) is 0. The number of aromatic nitrogens is 1. The number of pyridine rings is 1. The fourth-order valence-corrected chi connectivity index (χ4v) is 3.97. The van der Waals surface area contributed by atoms with Crippen molar-refractivity contribution in [1.82, 2.24) is 0 Å². The normalized spacial score (nSPS) is 10.8. The van der Waals surface area contributed by atoms with Gasteiger partial charge in [-0.05, 0) is 93.9 Å². The Morgan fingerprint density at radius 1 is 0.758 bits per heavy atom. The second-order valence-electron chi connectivity index (χ2n) is 7.95. The zero-order chi connectivity index (χ0) is 22.7. The van der Waals surface area contributed by atoms with Crippen LogP contribution in [0, 0.1) is 9.39 Å². The lowest BCUT2D eigenvalue weighted by Gasteiger charge is -2.11. The van der Waals surface area contributed by atoms with Gasteiger partial charge in [-0.3, -0.25) is 0 Å². The molecule has 2 nitrogen and oxygen atoms in total. The van der Waals surface area contributed by atoms with E-state index >= 15 is 0 Å². The number of nitrogens with zero attached hydrogens (tertiary/aromatic N) is 2. The third kappa shape index (κ3) is 6.20. The fourth-order valence-electron chi connectivity index (χ4n) is 3.61. The Morgan fingerprint density at radius 2 is 1.36 bits per heavy atom. The van der Waals surface area contributed by atoms with E-state index in [1.807, 2.05) is 33.3 Å². The molecule has 5 heteroatoms. The minimum atomic E-state index is -0.230. The van der Waals surface area contributed by atoms with E-state index in [0.717, 1.165) is 33.6 Å². The molecule has 0 saturated heterocycles. The Kier molecular flexibility index (Phi) is 8.64. The standard InChI is InChI=1S/C28H25FIN2.HI/c1-31(2)26-15-4-20(5-16-26)6-17-27-18-23(21-9-13-25(30)14-10-21)19-28(32(27)3)22-7-11-24(29)12-8-22;/h4-19H,1-3H3;1H/q+1;/p-1. The number of hydrogen-bond donors (Lipinski definition) is 0. The molecular formula is C28H25FI2N2. The maximum Gasteiger partial charge on any atom is 0.213 e. The molecule has 0 N–H and O–H groups in total. The van der Waals surface area contributed by atoms with Crippen LogP contribution in [0.4, 0.5) is 10.1 Å². The molecule has 0 radical (unpaired) electrons. The smallest absolute Gasteiger partial charge is 0.213 e. The van der Waals surface area contributed by atoms with E-state index in [4.69, 9.17) is 0 Å². The SMILES string of the molecule is CN(C)c1ccc(C=Cc2cc(-c3ccc(I)cc3)cc(-c3ccc(F)cc3)[n+]2C)cc1.[I-]. The highest BCUT2D eigenvalue weighted by molar-refractivity contribution is 14.1. The lowest BCUT2D eigenvalue weighted by Crippen LogP contribution is -3.00. The maximum absolute atomic E-state index is 13.5. The molecule has 0 saturated carbocycles. The van der Waals surface area contributed by atoms with Crippen LogP contribution in [0.25, 0.3) is 34.5 Å². The molecule has 0 amide bonds. The van der Waals surface area contributed by atoms with Crippen molar-refractivity contribution >= 4 is 40.4 Å². The lowest BCUT2D eigenvalue weighted by atomic mass is 10.0. The van der Waals surface area contributed by atoms with E-state index in [1.165, 1.54) is 21.4 Å². The summed E-state index contributed by atoms with van der Waals surface area (Å²) in [5.41, 5.74) is 7.67. The highest BCUT2D eigenvalue weighted by Gasteiger charge is 2.17. The van der Waals surface area contributed by atoms with Crippen molar-refractivity contribution in [3.63, 3.8) is 0 Å². The predicted octanol–water partition coefficient (Wildman–Crippen LogP) is 3.83. The van der Waals surface area contributed by atoms with Crippen molar-refractivity contribution in [2.24, 2.45) is 7.05 Å². The Hall–Kier alpha value is -2.26. The molecule has 4 rings (SSSR count). The van der Waals surface area contributed by atoms with Gasteiger partial charge >= 0.3 is 0 Å². The largest absolute Gasteiger partial charge is 1.00 e. The van der Waals surface area contributed by atoms with Gasteiger partial charge in [-0.15, -0.1) is 0 Å². The molecule has 0 aliphatic rings. The molecule has 0 bridgehead atoms. The fraction of sp³-hybridized carbons (Fsp3) is 0.107. The van der Waals surface area contributed by atoms with Crippen LogP contribution in [0.15, 0.2) is 84.9 Å². The van der Waals surface area contributed by atoms with Gasteiger partial charge in [0.25, 0.3) is 0 Å². The van der Waals surface area contributed by atoms with Gasteiger partial charge in [0.1, 0.15) is 12.9 Å². The molecule has 0 fully saturated rings. The Morgan fingerprint density at radius 3 is 1.97 bits per heavy atom. The molecule has 0 unspecified atom stereocenters. The summed E-state index contributed by atoms with van der Waals surface area (Å²) < 4.78 is 16.9. The molecule has 0 atom stereocenters. The van der Waals surface area contributed by atoms with Gasteiger partial charge in [-0.25, -0.2) is 4.39 Å². The number of anilines is 1. The van der Waals surface area contributed by atoms with Crippen LogP contribution >= 0.6 is 22.6 Å². The molecule has 0 aliphatic carbocycles. The van der Waals surface area contributed by atoms with Crippen molar-refractivity contribution in [2.45, 2.75) is 0 Å². The number of rotatable bonds is 5. The first-order valence-corrected chi connectivity index (χ1v) is 11.5. The molecule has 33 heavy (non-hydrogen) atoms. The van der Waals surface area contributed by atoms with Gasteiger partial charge in [-0.1, -0.05) is 24.3 Å². The Bertz CT molecular complexity index is 1250. The monoisotopic (exact) mass is 662 g/mol. The van der Waals surface area contributed by atoms with E-state index in [9.17, 15) is 4.39 Å². The van der Waals surface area contributed by atoms with E-state index in [-0.39, 0.29) is 29.8 Å². The number of hydrogen-bond acceptors (Lipinski definition) is 1. The highest BCUT2D eigenvalue weighted by atomic mass is 127. The second kappa shape index (κ2) is 11.2. The van der Waals surface area contributed by atoms with Gasteiger partial charge < -0.3 is 28.9 Å². The van der Waals surface area contributed by atoms with Crippen molar-refractivity contribution in [3.05, 3.63) is 106 Å². The van der Waals surface area contributed by atoms with Crippen LogP contribution in [-0.4, -0.2) is 14.1 Å². The highest BCUT2D eigenvalue weighted by Crippen LogP contribution is 2.26. The molecule has 0 spiro atoms. The third-order valence-electron chi connectivity index (χ3n) is 5.52. The topological polar surface area (TPSA) is 7.12 Å². The zero-order valence-corrected chi connectivity index (χ0v) is 23.1. The predicted molar refractivity (Wildman–Crippen MR) is 141 cm³/mol. The first kappa shape index (κ1) is 25.4. The van der Waals surface area contributed by atoms with Gasteiger partial charge in [0, 0.05) is 47.1 Å². The van der Waals surface area contributed by atoms with Crippen LogP contribution in [0.1, 0.15) is 11.3 Å². The molecule has 3 aromatic carbocycles. The third-order valence-corrected chi connectivity index (χ3v) is 6.24. The van der Waals surface area contributed by atoms with E-state index in [2.05, 4.69) is 105 Å². The summed E-state index contributed by atoms with van der Waals surface area (Å²) >= 11 is 2.32. The van der Waals surface area contributed by atoms with Crippen LogP contribution in [-0.2, 0) is 7.05 Å². The molecular weight excluding hydrogens is 637 g/mol. The number of benzene rings is 3. The average molecular weight is 662 g/mol. The van der Waals surface area contributed by atoms with Gasteiger partial charge in [0.05, 0.1) is 0 Å². The molecule has 1 aromatic heterocycles. The average Bonchev–Trinajstić information content (AvgIpc) is 2.80. The summed E-state index contributed by atoms with van der Waals surface area (Å²) in [5.74, 6) is -0.230. The number of halogens is 3. The first-order chi connectivity index (χ1) is 15.4. The Labute approximate surface area is 225 Å². The van der Waals surface area contributed by atoms with Crippen molar-refractivity contribution in [3.8, 4) is 22.4 Å². The summed E-state index contributed by atoms with van der Waals surface area (Å²) in [4.78, 5) is 2.09. The summed E-state index contributed by atoms with van der Waals surface area (Å²) in [7, 11) is 6.13.